The lowest BCUT2D eigenvalue weighted by molar-refractivity contribution is -0.0166. The fourth-order valence-electron chi connectivity index (χ4n) is 3.88. The second-order valence-corrected chi connectivity index (χ2v) is 9.60. The van der Waals surface area contributed by atoms with Crippen LogP contribution < -0.4 is 15.6 Å². The third-order valence-corrected chi connectivity index (χ3v) is 6.61. The highest BCUT2D eigenvalue weighted by Crippen LogP contribution is 2.38. The molecule has 0 bridgehead atoms. The van der Waals surface area contributed by atoms with Crippen molar-refractivity contribution in [1.29, 1.82) is 0 Å². The zero-order valence-corrected chi connectivity index (χ0v) is 20.8. The molecule has 0 heterocycles. The lowest BCUT2D eigenvalue weighted by Crippen LogP contribution is -2.63. The van der Waals surface area contributed by atoms with Crippen LogP contribution in [0, 0.1) is 19.3 Å². The van der Waals surface area contributed by atoms with Gasteiger partial charge in [-0.1, -0.05) is 45.4 Å². The van der Waals surface area contributed by atoms with Crippen molar-refractivity contribution >= 4 is 24.4 Å². The maximum atomic E-state index is 13.8. The number of amides is 2. The first kappa shape index (κ1) is 26.4. The van der Waals surface area contributed by atoms with Gasteiger partial charge in [0.1, 0.15) is 5.75 Å². The lowest BCUT2D eigenvalue weighted by Gasteiger charge is -2.49. The molecule has 0 spiro atoms. The van der Waals surface area contributed by atoms with Gasteiger partial charge in [-0.15, -0.1) is 0 Å². The van der Waals surface area contributed by atoms with Crippen LogP contribution in [0.2, 0.25) is 0 Å². The molecule has 2 rings (SSSR count). The van der Waals surface area contributed by atoms with Gasteiger partial charge < -0.3 is 14.8 Å². The van der Waals surface area contributed by atoms with Gasteiger partial charge in [0.25, 0.3) is 11.8 Å². The molecule has 2 amide bonds. The standard InChI is InChI=1S/C25H35BN2O5/c1-9-25(7,24(4,5)6)28(23(30)18-13-16(2)14-19(15-18)26(31)32)27-22(29)20-11-10-12-21(33-8)17(20)3/h10-15,31-32H,9H2,1-8H3,(H,27,29)/t25-/m1/s1. The van der Waals surface area contributed by atoms with Crippen molar-refractivity contribution < 1.29 is 24.4 Å². The molecule has 178 valence electrons. The van der Waals surface area contributed by atoms with Gasteiger partial charge in [0, 0.05) is 16.7 Å². The molecule has 0 aromatic heterocycles. The first-order valence-electron chi connectivity index (χ1n) is 11.0. The number of carbonyl (C=O) groups is 2. The van der Waals surface area contributed by atoms with Crippen molar-refractivity contribution in [3.63, 3.8) is 0 Å². The van der Waals surface area contributed by atoms with Gasteiger partial charge >= 0.3 is 7.12 Å². The Morgan fingerprint density at radius 3 is 2.24 bits per heavy atom. The summed E-state index contributed by atoms with van der Waals surface area (Å²) in [6, 6.07) is 9.90. The summed E-state index contributed by atoms with van der Waals surface area (Å²) in [5.41, 5.74) is 3.94. The molecule has 0 saturated carbocycles. The Hall–Kier alpha value is -2.84. The van der Waals surface area contributed by atoms with E-state index in [2.05, 4.69) is 5.43 Å². The van der Waals surface area contributed by atoms with Crippen molar-refractivity contribution in [2.45, 2.75) is 60.4 Å². The summed E-state index contributed by atoms with van der Waals surface area (Å²) in [7, 11) is -0.169. The van der Waals surface area contributed by atoms with E-state index in [0.717, 1.165) is 0 Å². The van der Waals surface area contributed by atoms with Crippen molar-refractivity contribution in [3.8, 4) is 5.75 Å². The Morgan fingerprint density at radius 1 is 1.09 bits per heavy atom. The number of ether oxygens (including phenoxy) is 1. The molecule has 0 radical (unpaired) electrons. The predicted molar refractivity (Wildman–Crippen MR) is 131 cm³/mol. The molecular formula is C25H35BN2O5. The van der Waals surface area contributed by atoms with Gasteiger partial charge in [0.15, 0.2) is 0 Å². The molecular weight excluding hydrogens is 419 g/mol. The predicted octanol–water partition coefficient (Wildman–Crippen LogP) is 2.99. The van der Waals surface area contributed by atoms with Crippen molar-refractivity contribution in [2.24, 2.45) is 5.41 Å². The zero-order chi connectivity index (χ0) is 25.1. The molecule has 33 heavy (non-hydrogen) atoms. The molecule has 3 N–H and O–H groups in total. The third-order valence-electron chi connectivity index (χ3n) is 6.61. The fourth-order valence-corrected chi connectivity index (χ4v) is 3.88. The van der Waals surface area contributed by atoms with Gasteiger partial charge in [0.2, 0.25) is 0 Å². The smallest absolute Gasteiger partial charge is 0.488 e. The molecule has 0 aliphatic heterocycles. The summed E-state index contributed by atoms with van der Waals surface area (Å²) in [6.45, 7) is 13.5. The molecule has 7 nitrogen and oxygen atoms in total. The molecule has 0 saturated heterocycles. The van der Waals surface area contributed by atoms with E-state index >= 15 is 0 Å². The van der Waals surface area contributed by atoms with Crippen molar-refractivity contribution in [1.82, 2.24) is 10.4 Å². The fraction of sp³-hybridized carbons (Fsp3) is 0.440. The third kappa shape index (κ3) is 5.39. The lowest BCUT2D eigenvalue weighted by atomic mass is 9.72. The summed E-state index contributed by atoms with van der Waals surface area (Å²) in [4.78, 5) is 27.2. The van der Waals surface area contributed by atoms with Gasteiger partial charge in [-0.3, -0.25) is 15.0 Å². The average molecular weight is 454 g/mol. The number of benzene rings is 2. The van der Waals surface area contributed by atoms with Gasteiger partial charge in [0.05, 0.1) is 12.6 Å². The minimum Gasteiger partial charge on any atom is -0.496 e. The minimum absolute atomic E-state index is 0.210. The zero-order valence-electron chi connectivity index (χ0n) is 20.8. The van der Waals surface area contributed by atoms with E-state index in [9.17, 15) is 19.6 Å². The van der Waals surface area contributed by atoms with Crippen LogP contribution >= 0.6 is 0 Å². The number of hydrogen-bond donors (Lipinski definition) is 3. The number of carbonyl (C=O) groups excluding carboxylic acids is 2. The number of hydrogen-bond acceptors (Lipinski definition) is 5. The molecule has 0 aliphatic carbocycles. The highest BCUT2D eigenvalue weighted by molar-refractivity contribution is 6.58. The number of hydrazine groups is 1. The van der Waals surface area contributed by atoms with Crippen LogP contribution in [0.3, 0.4) is 0 Å². The minimum atomic E-state index is -1.71. The number of aryl methyl sites for hydroxylation is 1. The second kappa shape index (κ2) is 9.97. The SMILES string of the molecule is CC[C@@](C)(N(NC(=O)c1cccc(OC)c1C)C(=O)c1cc(C)cc(B(O)O)c1)C(C)(C)C. The summed E-state index contributed by atoms with van der Waals surface area (Å²) >= 11 is 0. The number of nitrogens with one attached hydrogen (secondary N) is 1. The van der Waals surface area contributed by atoms with E-state index < -0.39 is 29.9 Å². The van der Waals surface area contributed by atoms with Crippen molar-refractivity contribution in [3.05, 3.63) is 58.7 Å². The molecule has 0 unspecified atom stereocenters. The first-order chi connectivity index (χ1) is 15.3. The quantitative estimate of drug-likeness (QED) is 0.461. The van der Waals surface area contributed by atoms with Crippen molar-refractivity contribution in [2.75, 3.05) is 7.11 Å². The largest absolute Gasteiger partial charge is 0.496 e. The van der Waals surface area contributed by atoms with Crippen LogP contribution in [0.25, 0.3) is 0 Å². The monoisotopic (exact) mass is 454 g/mol. The summed E-state index contributed by atoms with van der Waals surface area (Å²) in [6.07, 6.45) is 0.570. The van der Waals surface area contributed by atoms with E-state index in [-0.39, 0.29) is 11.0 Å². The van der Waals surface area contributed by atoms with E-state index in [4.69, 9.17) is 4.74 Å². The Morgan fingerprint density at radius 2 is 1.73 bits per heavy atom. The summed E-state index contributed by atoms with van der Waals surface area (Å²) < 4.78 is 5.34. The Bertz CT molecular complexity index is 1030. The Labute approximate surface area is 196 Å². The van der Waals surface area contributed by atoms with E-state index in [1.165, 1.54) is 11.1 Å². The van der Waals surface area contributed by atoms with E-state index in [0.29, 0.717) is 28.9 Å². The van der Waals surface area contributed by atoms with Crippen LogP contribution in [-0.4, -0.2) is 46.6 Å². The average Bonchev–Trinajstić information content (AvgIpc) is 2.75. The van der Waals surface area contributed by atoms with Crippen LogP contribution in [0.5, 0.6) is 5.75 Å². The molecule has 8 heteroatoms. The number of rotatable bonds is 6. The number of nitrogens with zero attached hydrogens (tertiary/aromatic N) is 1. The maximum absolute atomic E-state index is 13.8. The van der Waals surface area contributed by atoms with Gasteiger partial charge in [-0.05, 0) is 62.3 Å². The normalized spacial score (nSPS) is 13.2. The Kier molecular flexibility index (Phi) is 7.98. The molecule has 2 aromatic rings. The molecule has 0 aliphatic rings. The summed E-state index contributed by atoms with van der Waals surface area (Å²) in [5, 5.41) is 20.7. The van der Waals surface area contributed by atoms with Gasteiger partial charge in [-0.2, -0.15) is 0 Å². The molecule has 1 atom stereocenters. The summed E-state index contributed by atoms with van der Waals surface area (Å²) in [5.74, 6) is -0.289. The van der Waals surface area contributed by atoms with E-state index in [1.54, 1.807) is 51.3 Å². The highest BCUT2D eigenvalue weighted by atomic mass is 16.5. The van der Waals surface area contributed by atoms with E-state index in [1.807, 2.05) is 34.6 Å². The van der Waals surface area contributed by atoms with Crippen LogP contribution in [0.4, 0.5) is 0 Å². The van der Waals surface area contributed by atoms with Crippen LogP contribution in [-0.2, 0) is 0 Å². The van der Waals surface area contributed by atoms with Gasteiger partial charge in [-0.25, -0.2) is 5.01 Å². The highest BCUT2D eigenvalue weighted by Gasteiger charge is 2.45. The molecule has 2 aromatic carbocycles. The Balaban J connectivity index is 2.61. The van der Waals surface area contributed by atoms with Crippen LogP contribution in [0.1, 0.15) is 72.9 Å². The first-order valence-corrected chi connectivity index (χ1v) is 11.0. The second-order valence-electron chi connectivity index (χ2n) is 9.60. The van der Waals surface area contributed by atoms with Crippen LogP contribution in [0.15, 0.2) is 36.4 Å². The topological polar surface area (TPSA) is 99.1 Å². The number of methoxy groups -OCH3 is 1. The maximum Gasteiger partial charge on any atom is 0.488 e. The molecule has 0 fully saturated rings.